The predicted octanol–water partition coefficient (Wildman–Crippen LogP) is 4.22. The lowest BCUT2D eigenvalue weighted by Crippen LogP contribution is -2.53. The van der Waals surface area contributed by atoms with E-state index in [9.17, 15) is 39.3 Å². The monoisotopic (exact) mass is 888 g/mol. The molecule has 1 aromatic carbocycles. The van der Waals surface area contributed by atoms with Gasteiger partial charge >= 0.3 is 17.9 Å². The molecule has 0 saturated heterocycles. The Morgan fingerprint density at radius 1 is 0.889 bits per heavy atom. The minimum Gasteiger partial charge on any atom is -0.480 e. The number of aromatic nitrogens is 1. The summed E-state index contributed by atoms with van der Waals surface area (Å²) in [5.74, 6) is -4.49. The second-order valence-electron chi connectivity index (χ2n) is 17.4. The van der Waals surface area contributed by atoms with Crippen LogP contribution in [0.5, 0.6) is 0 Å². The average Bonchev–Trinajstić information content (AvgIpc) is 3.89. The van der Waals surface area contributed by atoms with Gasteiger partial charge in [-0.3, -0.25) is 29.5 Å². The number of aliphatic carboxylic acids is 2. The second-order valence-corrected chi connectivity index (χ2v) is 18.6. The fourth-order valence-electron chi connectivity index (χ4n) is 10.2. The molecule has 342 valence electrons. The maximum Gasteiger partial charge on any atom is 0.353 e. The lowest BCUT2D eigenvalue weighted by Gasteiger charge is -2.41. The molecule has 0 unspecified atom stereocenters. The molecule has 1 spiro atoms. The average molecular weight is 889 g/mol. The molecule has 8 N–H and O–H groups in total. The van der Waals surface area contributed by atoms with Crippen LogP contribution in [0, 0.1) is 17.3 Å². The molecule has 63 heavy (non-hydrogen) atoms. The van der Waals surface area contributed by atoms with E-state index in [0.29, 0.717) is 12.2 Å². The number of aryl methyl sites for hydroxylation is 1. The van der Waals surface area contributed by atoms with Gasteiger partial charge in [-0.25, -0.2) is 4.79 Å². The SMILES string of the molecule is CNCN[C@@H](CCC(=O)N[C@@H](CS[C@H]1C2=C3[C@@H](CCCCCC14CCCC4)CC(Cc1ccncc1)=C([C@H](CCc1ccccc1)NC)[C@H]3C(=O)O2)C(=O)N[C@@H](O)C(=O)O)C(=O)O. The number of rotatable bonds is 21. The third-order valence-corrected chi connectivity index (χ3v) is 14.9. The summed E-state index contributed by atoms with van der Waals surface area (Å²) in [4.78, 5) is 69.7. The Labute approximate surface area is 374 Å². The Kier molecular flexibility index (Phi) is 17.3. The Morgan fingerprint density at radius 3 is 2.27 bits per heavy atom. The minimum absolute atomic E-state index is 0.0213. The number of nitrogens with zero attached hydrogens (tertiary/aromatic N) is 1. The van der Waals surface area contributed by atoms with Crippen LogP contribution in [0.2, 0.25) is 0 Å². The largest absolute Gasteiger partial charge is 0.480 e. The highest BCUT2D eigenvalue weighted by molar-refractivity contribution is 8.00. The maximum absolute atomic E-state index is 14.8. The van der Waals surface area contributed by atoms with Gasteiger partial charge in [0.15, 0.2) is 0 Å². The highest BCUT2D eigenvalue weighted by Gasteiger charge is 2.53. The van der Waals surface area contributed by atoms with Crippen molar-refractivity contribution in [2.24, 2.45) is 17.3 Å². The highest BCUT2D eigenvalue weighted by Crippen LogP contribution is 2.58. The number of likely N-dealkylation sites (N-methyl/N-ethyl adjacent to an activating group) is 1. The Morgan fingerprint density at radius 2 is 1.60 bits per heavy atom. The maximum atomic E-state index is 14.8. The summed E-state index contributed by atoms with van der Waals surface area (Å²) in [5, 5.41) is 43.0. The van der Waals surface area contributed by atoms with Gasteiger partial charge in [-0.1, -0.05) is 68.0 Å². The van der Waals surface area contributed by atoms with Crippen molar-refractivity contribution in [3.63, 3.8) is 0 Å². The number of carbonyl (C=O) groups is 5. The Balaban J connectivity index is 1.38. The number of thioether (sulfide) groups is 1. The van der Waals surface area contributed by atoms with Crippen LogP contribution in [0.4, 0.5) is 0 Å². The molecule has 16 heteroatoms. The molecule has 6 rings (SSSR count). The lowest BCUT2D eigenvalue weighted by molar-refractivity contribution is -0.151. The topological polar surface area (TPSA) is 228 Å². The van der Waals surface area contributed by atoms with Crippen LogP contribution in [0.25, 0.3) is 0 Å². The van der Waals surface area contributed by atoms with Gasteiger partial charge in [0.25, 0.3) is 0 Å². The van der Waals surface area contributed by atoms with Crippen LogP contribution in [-0.2, 0) is 41.6 Å². The van der Waals surface area contributed by atoms with Gasteiger partial charge in [-0.15, -0.1) is 11.8 Å². The minimum atomic E-state index is -2.21. The third kappa shape index (κ3) is 12.1. The number of aliphatic hydroxyl groups excluding tert-OH is 1. The number of ether oxygens (including phenoxy) is 1. The standard InChI is InChI=1S/C47H64N6O9S/c1-48-28-51-34(44(57)58)16-17-36(54)52-35(42(55)53-43(56)45(59)60)27-63-41-40-38-31(13-7-4-8-20-47(41)21-9-10-22-47)26-32(25-30-18-23-50-24-19-30)37(39(38)46(61)62-40)33(49-2)15-14-29-11-5-3-6-12-29/h3,5-6,11-12,18-19,23-24,31,33-35,39,41,43,48-49,51,56H,4,7-10,13-17,20-22,25-28H2,1-2H3,(H,52,54)(H,53,55)(H,57,58)(H,59,60)/t31-,33-,34-,35-,39+,41-,43-/m0/s1. The number of aliphatic hydroxyl groups is 1. The summed E-state index contributed by atoms with van der Waals surface area (Å²) in [7, 11) is 3.61. The van der Waals surface area contributed by atoms with Gasteiger partial charge in [0.05, 0.1) is 5.25 Å². The first-order valence-electron chi connectivity index (χ1n) is 22.4. The van der Waals surface area contributed by atoms with Crippen molar-refractivity contribution >= 4 is 41.5 Å². The van der Waals surface area contributed by atoms with Crippen molar-refractivity contribution in [1.29, 1.82) is 0 Å². The Hall–Kier alpha value is -4.61. The molecule has 0 bridgehead atoms. The molecule has 1 aliphatic heterocycles. The summed E-state index contributed by atoms with van der Waals surface area (Å²) in [5.41, 5.74) is 5.40. The number of carbonyl (C=O) groups excluding carboxylic acids is 3. The van der Waals surface area contributed by atoms with Crippen LogP contribution in [0.1, 0.15) is 94.6 Å². The number of nitrogens with one attached hydrogen (secondary N) is 5. The number of hydrogen-bond acceptors (Lipinski definition) is 12. The van der Waals surface area contributed by atoms with Gasteiger partial charge < -0.3 is 41.3 Å². The zero-order valence-electron chi connectivity index (χ0n) is 36.4. The first-order valence-corrected chi connectivity index (χ1v) is 23.5. The molecule has 3 aliphatic carbocycles. The number of hydrogen-bond donors (Lipinski definition) is 8. The number of carboxylic acids is 2. The molecular weight excluding hydrogens is 825 g/mol. The van der Waals surface area contributed by atoms with Gasteiger partial charge in [-0.2, -0.15) is 0 Å². The normalized spacial score (nSPS) is 22.7. The van der Waals surface area contributed by atoms with E-state index in [4.69, 9.17) is 4.74 Å². The quantitative estimate of drug-likeness (QED) is 0.0499. The number of carboxylic acid groups (broad SMARTS) is 2. The molecular formula is C47H64N6O9S. The van der Waals surface area contributed by atoms with Crippen molar-refractivity contribution in [2.45, 2.75) is 126 Å². The van der Waals surface area contributed by atoms with Crippen molar-refractivity contribution in [3.8, 4) is 0 Å². The summed E-state index contributed by atoms with van der Waals surface area (Å²) < 4.78 is 6.66. The predicted molar refractivity (Wildman–Crippen MR) is 239 cm³/mol. The number of allylic oxidation sites excluding steroid dienone is 1. The molecule has 2 heterocycles. The molecule has 1 aromatic heterocycles. The van der Waals surface area contributed by atoms with Gasteiger partial charge in [0.1, 0.15) is 23.8 Å². The molecule has 15 nitrogen and oxygen atoms in total. The molecule has 0 radical (unpaired) electrons. The first-order chi connectivity index (χ1) is 30.4. The van der Waals surface area contributed by atoms with Crippen molar-refractivity contribution in [1.82, 2.24) is 31.6 Å². The number of pyridine rings is 1. The van der Waals surface area contributed by atoms with Crippen molar-refractivity contribution in [3.05, 3.63) is 88.5 Å². The van der Waals surface area contributed by atoms with Gasteiger partial charge in [0.2, 0.25) is 18.0 Å². The molecule has 4 aliphatic rings. The van der Waals surface area contributed by atoms with E-state index in [1.54, 1.807) is 19.4 Å². The molecule has 1 fully saturated rings. The molecule has 1 saturated carbocycles. The lowest BCUT2D eigenvalue weighted by atomic mass is 9.66. The highest BCUT2D eigenvalue weighted by atomic mass is 32.2. The van der Waals surface area contributed by atoms with Crippen LogP contribution in [-0.4, -0.2) is 106 Å². The fourth-order valence-corrected chi connectivity index (χ4v) is 11.9. The molecule has 2 aromatic rings. The van der Waals surface area contributed by atoms with E-state index in [-0.39, 0.29) is 53.9 Å². The summed E-state index contributed by atoms with van der Waals surface area (Å²) in [6.07, 6.45) is 12.8. The Bertz CT molecular complexity index is 1980. The smallest absolute Gasteiger partial charge is 0.353 e. The zero-order chi connectivity index (χ0) is 44.9. The van der Waals surface area contributed by atoms with Crippen molar-refractivity contribution < 1.29 is 44.0 Å². The second kappa shape index (κ2) is 22.8. The molecule has 7 atom stereocenters. The van der Waals surface area contributed by atoms with Crippen LogP contribution in [0.15, 0.2) is 77.3 Å². The van der Waals surface area contributed by atoms with Gasteiger partial charge in [0, 0.05) is 37.3 Å². The van der Waals surface area contributed by atoms with E-state index >= 15 is 0 Å². The zero-order valence-corrected chi connectivity index (χ0v) is 37.2. The summed E-state index contributed by atoms with van der Waals surface area (Å²) >= 11 is 1.44. The van der Waals surface area contributed by atoms with Crippen LogP contribution >= 0.6 is 11.8 Å². The first kappa shape index (κ1) is 47.9. The van der Waals surface area contributed by atoms with E-state index in [1.165, 1.54) is 22.9 Å². The summed E-state index contributed by atoms with van der Waals surface area (Å²) in [6.45, 7) is 0.202. The molecule has 2 amide bonds. The number of benzene rings is 1. The third-order valence-electron chi connectivity index (χ3n) is 13.3. The fraction of sp³-hybridized carbons (Fsp3) is 0.574. The van der Waals surface area contributed by atoms with Gasteiger partial charge in [-0.05, 0) is 118 Å². The number of esters is 1. The summed E-state index contributed by atoms with van der Waals surface area (Å²) in [6, 6.07) is 11.9. The van der Waals surface area contributed by atoms with E-state index < -0.39 is 48.0 Å². The number of amides is 2. The van der Waals surface area contributed by atoms with Crippen LogP contribution < -0.4 is 26.6 Å². The van der Waals surface area contributed by atoms with Crippen molar-refractivity contribution in [2.75, 3.05) is 26.5 Å². The van der Waals surface area contributed by atoms with E-state index in [2.05, 4.69) is 43.7 Å². The van der Waals surface area contributed by atoms with E-state index in [0.717, 1.165) is 93.8 Å². The van der Waals surface area contributed by atoms with Crippen LogP contribution in [0.3, 0.4) is 0 Å². The van der Waals surface area contributed by atoms with E-state index in [1.807, 2.05) is 37.4 Å².